The Hall–Kier alpha value is -1.47. The summed E-state index contributed by atoms with van der Waals surface area (Å²) < 4.78 is 10.8. The van der Waals surface area contributed by atoms with Crippen LogP contribution in [-0.4, -0.2) is 42.1 Å². The highest BCUT2D eigenvalue weighted by Gasteiger charge is 2.26. The van der Waals surface area contributed by atoms with E-state index in [0.29, 0.717) is 21.6 Å². The summed E-state index contributed by atoms with van der Waals surface area (Å²) in [6, 6.07) is 6.85. The molecule has 1 fully saturated rings. The van der Waals surface area contributed by atoms with Crippen molar-refractivity contribution in [2.75, 3.05) is 20.1 Å². The predicted molar refractivity (Wildman–Crippen MR) is 97.9 cm³/mol. The van der Waals surface area contributed by atoms with Gasteiger partial charge < -0.3 is 19.5 Å². The van der Waals surface area contributed by atoms with Crippen molar-refractivity contribution >= 4 is 41.5 Å². The van der Waals surface area contributed by atoms with Crippen LogP contribution < -0.4 is 10.1 Å². The maximum atomic E-state index is 12.4. The Morgan fingerprint density at radius 1 is 1.44 bits per heavy atom. The van der Waals surface area contributed by atoms with Gasteiger partial charge in [0.1, 0.15) is 6.61 Å². The molecule has 1 saturated heterocycles. The maximum absolute atomic E-state index is 12.4. The molecule has 1 atom stereocenters. The number of rotatable bonds is 5. The lowest BCUT2D eigenvalue weighted by atomic mass is 10.2. The van der Waals surface area contributed by atoms with Crippen LogP contribution in [0.25, 0.3) is 0 Å². The molecule has 1 aromatic carbocycles. The second-order valence-corrected chi connectivity index (χ2v) is 6.40. The summed E-state index contributed by atoms with van der Waals surface area (Å²) in [6.07, 6.45) is 0.932. The molecule has 0 aliphatic carbocycles. The second kappa shape index (κ2) is 8.76. The molecule has 9 heteroatoms. The van der Waals surface area contributed by atoms with E-state index in [0.717, 1.165) is 19.5 Å². The zero-order valence-electron chi connectivity index (χ0n) is 13.5. The highest BCUT2D eigenvalue weighted by Crippen LogP contribution is 2.32. The van der Waals surface area contributed by atoms with E-state index < -0.39 is 0 Å². The summed E-state index contributed by atoms with van der Waals surface area (Å²) in [5.41, 5.74) is 0.258. The monoisotopic (exact) mass is 405 g/mol. The average Bonchev–Trinajstić information content (AvgIpc) is 3.25. The van der Waals surface area contributed by atoms with Crippen LogP contribution >= 0.6 is 35.6 Å². The number of ether oxygens (including phenoxy) is 1. The van der Waals surface area contributed by atoms with Crippen molar-refractivity contribution in [2.45, 2.75) is 19.1 Å². The van der Waals surface area contributed by atoms with Crippen molar-refractivity contribution in [3.63, 3.8) is 0 Å². The molecule has 6 nitrogen and oxygen atoms in total. The number of hydrogen-bond donors (Lipinski definition) is 1. The minimum Gasteiger partial charge on any atom is -0.482 e. The highest BCUT2D eigenvalue weighted by atomic mass is 35.5. The third kappa shape index (κ3) is 4.58. The second-order valence-electron chi connectivity index (χ2n) is 5.58. The topological polar surface area (TPSA) is 67.6 Å². The van der Waals surface area contributed by atoms with Gasteiger partial charge in [-0.2, -0.15) is 0 Å². The van der Waals surface area contributed by atoms with Gasteiger partial charge in [0.15, 0.2) is 17.2 Å². The van der Waals surface area contributed by atoms with E-state index >= 15 is 0 Å². The summed E-state index contributed by atoms with van der Waals surface area (Å²) in [6.45, 7) is 1.79. The molecule has 1 unspecified atom stereocenters. The fraction of sp³-hybridized carbons (Fsp3) is 0.375. The first kappa shape index (κ1) is 19.8. The zero-order valence-corrected chi connectivity index (χ0v) is 15.8. The number of nitrogens with one attached hydrogen (secondary N) is 1. The van der Waals surface area contributed by atoms with E-state index in [9.17, 15) is 4.79 Å². The average molecular weight is 407 g/mol. The molecule has 1 amide bonds. The van der Waals surface area contributed by atoms with Gasteiger partial charge in [-0.3, -0.25) is 4.79 Å². The fourth-order valence-corrected chi connectivity index (χ4v) is 3.07. The third-order valence-electron chi connectivity index (χ3n) is 3.96. The molecule has 136 valence electrons. The SMILES string of the molecule is CN(C(=O)c1cc(COc2c(Cl)cccc2Cl)on1)C1CCNC1.Cl. The van der Waals surface area contributed by atoms with Crippen LogP contribution in [0.15, 0.2) is 28.8 Å². The number of amides is 1. The number of likely N-dealkylation sites (N-methyl/N-ethyl adjacent to an activating group) is 1. The number of para-hydroxylation sites is 1. The van der Waals surface area contributed by atoms with Gasteiger partial charge in [0.2, 0.25) is 0 Å². The van der Waals surface area contributed by atoms with E-state index in [1.807, 2.05) is 0 Å². The molecule has 1 aromatic heterocycles. The Labute approximate surface area is 161 Å². The van der Waals surface area contributed by atoms with Crippen LogP contribution in [0.1, 0.15) is 22.7 Å². The lowest BCUT2D eigenvalue weighted by molar-refractivity contribution is 0.0733. The molecule has 3 rings (SSSR count). The summed E-state index contributed by atoms with van der Waals surface area (Å²) in [5, 5.41) is 7.88. The van der Waals surface area contributed by atoms with Crippen LogP contribution in [0.5, 0.6) is 5.75 Å². The number of carbonyl (C=O) groups excluding carboxylic acids is 1. The molecule has 1 N–H and O–H groups in total. The van der Waals surface area contributed by atoms with Crippen molar-refractivity contribution in [1.82, 2.24) is 15.4 Å². The zero-order chi connectivity index (χ0) is 17.1. The Morgan fingerprint density at radius 3 is 2.80 bits per heavy atom. The van der Waals surface area contributed by atoms with Gasteiger partial charge in [-0.25, -0.2) is 0 Å². The first-order valence-electron chi connectivity index (χ1n) is 7.56. The quantitative estimate of drug-likeness (QED) is 0.824. The van der Waals surface area contributed by atoms with E-state index in [4.69, 9.17) is 32.5 Å². The van der Waals surface area contributed by atoms with Crippen LogP contribution in [-0.2, 0) is 6.61 Å². The van der Waals surface area contributed by atoms with Crippen molar-refractivity contribution in [3.05, 3.63) is 45.8 Å². The van der Waals surface area contributed by atoms with Crippen molar-refractivity contribution < 1.29 is 14.1 Å². The number of hydrogen-bond acceptors (Lipinski definition) is 5. The smallest absolute Gasteiger partial charge is 0.276 e. The minimum atomic E-state index is -0.172. The van der Waals surface area contributed by atoms with E-state index in [-0.39, 0.29) is 36.7 Å². The molecule has 0 spiro atoms. The summed E-state index contributed by atoms with van der Waals surface area (Å²) in [5.74, 6) is 0.626. The van der Waals surface area contributed by atoms with Crippen LogP contribution in [0, 0.1) is 0 Å². The standard InChI is InChI=1S/C16H17Cl2N3O3.ClH/c1-21(10-5-6-19-8-10)16(22)14-7-11(24-20-14)9-23-15-12(17)3-2-4-13(15)18;/h2-4,7,10,19H,5-6,8-9H2,1H3;1H. The largest absolute Gasteiger partial charge is 0.482 e. The molecule has 0 bridgehead atoms. The molecule has 0 radical (unpaired) electrons. The molecule has 1 aliphatic rings. The predicted octanol–water partition coefficient (Wildman–Crippen LogP) is 3.42. The number of nitrogens with zero attached hydrogens (tertiary/aromatic N) is 2. The van der Waals surface area contributed by atoms with Crippen LogP contribution in [0.3, 0.4) is 0 Å². The summed E-state index contributed by atoms with van der Waals surface area (Å²) >= 11 is 12.1. The Kier molecular flexibility index (Phi) is 6.95. The van der Waals surface area contributed by atoms with Crippen LogP contribution in [0.2, 0.25) is 10.0 Å². The molecular weight excluding hydrogens is 389 g/mol. The minimum absolute atomic E-state index is 0. The van der Waals surface area contributed by atoms with E-state index in [2.05, 4.69) is 10.5 Å². The summed E-state index contributed by atoms with van der Waals surface area (Å²) in [4.78, 5) is 14.1. The molecule has 0 saturated carbocycles. The van der Waals surface area contributed by atoms with Gasteiger partial charge in [0, 0.05) is 25.7 Å². The Balaban J connectivity index is 0.00000225. The van der Waals surface area contributed by atoms with Gasteiger partial charge in [-0.1, -0.05) is 34.4 Å². The molecule has 2 aromatic rings. The number of carbonyl (C=O) groups is 1. The molecule has 2 heterocycles. The maximum Gasteiger partial charge on any atom is 0.276 e. The normalized spacial score (nSPS) is 16.4. The van der Waals surface area contributed by atoms with Gasteiger partial charge in [0.25, 0.3) is 5.91 Å². The van der Waals surface area contributed by atoms with Gasteiger partial charge in [0.05, 0.1) is 10.0 Å². The Morgan fingerprint density at radius 2 is 2.16 bits per heavy atom. The first-order valence-corrected chi connectivity index (χ1v) is 8.32. The van der Waals surface area contributed by atoms with Crippen LogP contribution in [0.4, 0.5) is 0 Å². The number of aromatic nitrogens is 1. The van der Waals surface area contributed by atoms with Crippen molar-refractivity contribution in [1.29, 1.82) is 0 Å². The van der Waals surface area contributed by atoms with Gasteiger partial charge in [-0.05, 0) is 25.1 Å². The van der Waals surface area contributed by atoms with E-state index in [1.165, 1.54) is 0 Å². The lowest BCUT2D eigenvalue weighted by Crippen LogP contribution is -2.38. The summed E-state index contributed by atoms with van der Waals surface area (Å²) in [7, 11) is 1.77. The van der Waals surface area contributed by atoms with Gasteiger partial charge in [-0.15, -0.1) is 12.4 Å². The fourth-order valence-electron chi connectivity index (χ4n) is 2.56. The third-order valence-corrected chi connectivity index (χ3v) is 4.55. The lowest BCUT2D eigenvalue weighted by Gasteiger charge is -2.22. The molecule has 1 aliphatic heterocycles. The number of halogens is 3. The number of benzene rings is 1. The highest BCUT2D eigenvalue weighted by molar-refractivity contribution is 6.37. The van der Waals surface area contributed by atoms with Crippen molar-refractivity contribution in [3.8, 4) is 5.75 Å². The van der Waals surface area contributed by atoms with E-state index in [1.54, 1.807) is 36.2 Å². The van der Waals surface area contributed by atoms with Crippen molar-refractivity contribution in [2.24, 2.45) is 0 Å². The Bertz CT molecular complexity index is 712. The molecule has 25 heavy (non-hydrogen) atoms. The first-order chi connectivity index (χ1) is 11.6. The van der Waals surface area contributed by atoms with Gasteiger partial charge >= 0.3 is 0 Å². The molecular formula is C16H18Cl3N3O3.